The quantitative estimate of drug-likeness (QED) is 0.756. The van der Waals surface area contributed by atoms with Crippen LogP contribution in [-0.4, -0.2) is 42.5 Å². The Bertz CT molecular complexity index is 201. The molecule has 0 amide bonds. The van der Waals surface area contributed by atoms with E-state index in [1.807, 2.05) is 11.8 Å². The van der Waals surface area contributed by atoms with Crippen molar-refractivity contribution < 1.29 is 9.84 Å². The molecule has 2 heterocycles. The molecule has 0 saturated carbocycles. The van der Waals surface area contributed by atoms with E-state index in [1.54, 1.807) is 0 Å². The first-order valence-electron chi connectivity index (χ1n) is 5.82. The molecule has 2 fully saturated rings. The summed E-state index contributed by atoms with van der Waals surface area (Å²) >= 11 is 1.94. The van der Waals surface area contributed by atoms with Crippen molar-refractivity contribution in [3.63, 3.8) is 0 Å². The van der Waals surface area contributed by atoms with Crippen molar-refractivity contribution in [3.8, 4) is 0 Å². The Hall–Kier alpha value is 0.230. The first kappa shape index (κ1) is 11.7. The van der Waals surface area contributed by atoms with Crippen LogP contribution in [0.4, 0.5) is 0 Å². The second-order valence-electron chi connectivity index (χ2n) is 4.79. The fraction of sp³-hybridized carbons (Fsp3) is 1.00. The van der Waals surface area contributed by atoms with Gasteiger partial charge in [0.15, 0.2) is 0 Å². The van der Waals surface area contributed by atoms with E-state index in [-0.39, 0.29) is 11.5 Å². The van der Waals surface area contributed by atoms with Gasteiger partial charge in [0, 0.05) is 18.6 Å². The van der Waals surface area contributed by atoms with E-state index < -0.39 is 0 Å². The Kier molecular flexibility index (Phi) is 3.93. The van der Waals surface area contributed by atoms with E-state index in [2.05, 4.69) is 0 Å². The maximum atomic E-state index is 10.5. The highest BCUT2D eigenvalue weighted by Crippen LogP contribution is 2.39. The molecule has 3 unspecified atom stereocenters. The fourth-order valence-electron chi connectivity index (χ4n) is 2.69. The normalized spacial score (nSPS) is 39.2. The first-order valence-corrected chi connectivity index (χ1v) is 6.98. The van der Waals surface area contributed by atoms with Gasteiger partial charge in [0.2, 0.25) is 0 Å². The number of hydrogen-bond donors (Lipinski definition) is 2. The van der Waals surface area contributed by atoms with Gasteiger partial charge in [-0.15, -0.1) is 0 Å². The van der Waals surface area contributed by atoms with Gasteiger partial charge in [-0.05, 0) is 36.7 Å². The molecule has 2 aliphatic heterocycles. The average Bonchev–Trinajstić information content (AvgIpc) is 2.82. The number of rotatable bonds is 3. The topological polar surface area (TPSA) is 55.5 Å². The van der Waals surface area contributed by atoms with Crippen LogP contribution >= 0.6 is 11.8 Å². The van der Waals surface area contributed by atoms with Crippen molar-refractivity contribution in [2.24, 2.45) is 17.1 Å². The summed E-state index contributed by atoms with van der Waals surface area (Å²) in [7, 11) is 0. The van der Waals surface area contributed by atoms with E-state index in [0.29, 0.717) is 19.1 Å². The molecule has 4 heteroatoms. The summed E-state index contributed by atoms with van der Waals surface area (Å²) in [5.41, 5.74) is 5.70. The Morgan fingerprint density at radius 2 is 2.47 bits per heavy atom. The maximum Gasteiger partial charge on any atom is 0.0666 e. The van der Waals surface area contributed by atoms with E-state index >= 15 is 0 Å². The average molecular weight is 231 g/mol. The highest BCUT2D eigenvalue weighted by atomic mass is 32.2. The summed E-state index contributed by atoms with van der Waals surface area (Å²) in [5, 5.41) is 10.5. The van der Waals surface area contributed by atoms with Crippen molar-refractivity contribution in [3.05, 3.63) is 0 Å². The van der Waals surface area contributed by atoms with Gasteiger partial charge in [-0.1, -0.05) is 0 Å². The van der Waals surface area contributed by atoms with Crippen LogP contribution in [0.3, 0.4) is 0 Å². The minimum absolute atomic E-state index is 0.159. The number of thioether (sulfide) groups is 1. The standard InChI is InChI=1S/C11H21NO2S/c12-7-11(3-1-4-14-8-11)10(13)9-2-5-15-6-9/h9-10,13H,1-8,12H2. The van der Waals surface area contributed by atoms with Gasteiger partial charge in [-0.25, -0.2) is 0 Å². The molecule has 15 heavy (non-hydrogen) atoms. The van der Waals surface area contributed by atoms with Crippen molar-refractivity contribution >= 4 is 11.8 Å². The second kappa shape index (κ2) is 5.04. The van der Waals surface area contributed by atoms with Crippen LogP contribution in [0.15, 0.2) is 0 Å². The third-order valence-electron chi connectivity index (χ3n) is 3.80. The molecule has 88 valence electrons. The summed E-state index contributed by atoms with van der Waals surface area (Å²) < 4.78 is 5.51. The van der Waals surface area contributed by atoms with E-state index in [0.717, 1.165) is 31.6 Å². The first-order chi connectivity index (χ1) is 7.28. The Morgan fingerprint density at radius 1 is 1.60 bits per heavy atom. The van der Waals surface area contributed by atoms with Gasteiger partial charge in [0.1, 0.15) is 0 Å². The molecule has 0 aliphatic carbocycles. The molecule has 0 aromatic rings. The number of aliphatic hydroxyl groups is 1. The predicted molar refractivity (Wildman–Crippen MR) is 63.0 cm³/mol. The monoisotopic (exact) mass is 231 g/mol. The highest BCUT2D eigenvalue weighted by molar-refractivity contribution is 7.99. The number of hydrogen-bond acceptors (Lipinski definition) is 4. The van der Waals surface area contributed by atoms with Gasteiger partial charge in [-0.3, -0.25) is 0 Å². The van der Waals surface area contributed by atoms with Gasteiger partial charge in [0.25, 0.3) is 0 Å². The number of aliphatic hydroxyl groups excluding tert-OH is 1. The largest absolute Gasteiger partial charge is 0.392 e. The summed E-state index contributed by atoms with van der Waals surface area (Å²) in [6.07, 6.45) is 2.92. The molecule has 3 atom stereocenters. The second-order valence-corrected chi connectivity index (χ2v) is 5.94. The molecule has 2 aliphatic rings. The summed E-state index contributed by atoms with van der Waals surface area (Å²) in [4.78, 5) is 0. The van der Waals surface area contributed by atoms with Crippen LogP contribution in [-0.2, 0) is 4.74 Å². The lowest BCUT2D eigenvalue weighted by Gasteiger charge is -2.42. The number of nitrogens with two attached hydrogens (primary N) is 1. The lowest BCUT2D eigenvalue weighted by atomic mass is 9.72. The van der Waals surface area contributed by atoms with Gasteiger partial charge in [0.05, 0.1) is 12.7 Å². The van der Waals surface area contributed by atoms with Crippen molar-refractivity contribution in [2.75, 3.05) is 31.3 Å². The molecule has 2 rings (SSSR count). The molecule has 3 nitrogen and oxygen atoms in total. The third kappa shape index (κ3) is 2.33. The van der Waals surface area contributed by atoms with Crippen LogP contribution in [0, 0.1) is 11.3 Å². The SMILES string of the molecule is NCC1(C(O)C2CCSC2)CCCOC1. The van der Waals surface area contributed by atoms with Crippen molar-refractivity contribution in [1.29, 1.82) is 0 Å². The lowest BCUT2D eigenvalue weighted by molar-refractivity contribution is -0.0938. The van der Waals surface area contributed by atoms with E-state index in [1.165, 1.54) is 5.75 Å². The van der Waals surface area contributed by atoms with Crippen LogP contribution in [0.25, 0.3) is 0 Å². The molecule has 0 aromatic heterocycles. The summed E-state index contributed by atoms with van der Waals surface area (Å²) in [6, 6.07) is 0. The van der Waals surface area contributed by atoms with Gasteiger partial charge < -0.3 is 15.6 Å². The zero-order valence-corrected chi connectivity index (χ0v) is 9.97. The molecule has 2 saturated heterocycles. The van der Waals surface area contributed by atoms with Crippen LogP contribution in [0.2, 0.25) is 0 Å². The summed E-state index contributed by atoms with van der Waals surface area (Å²) in [5.74, 6) is 2.70. The summed E-state index contributed by atoms with van der Waals surface area (Å²) in [6.45, 7) is 2.02. The minimum Gasteiger partial charge on any atom is -0.392 e. The molecule has 0 spiro atoms. The predicted octanol–water partition coefficient (Wildman–Crippen LogP) is 0.856. The third-order valence-corrected chi connectivity index (χ3v) is 4.99. The molecule has 0 aromatic carbocycles. The van der Waals surface area contributed by atoms with Crippen molar-refractivity contribution in [2.45, 2.75) is 25.4 Å². The minimum atomic E-state index is -0.266. The molecular weight excluding hydrogens is 210 g/mol. The van der Waals surface area contributed by atoms with Gasteiger partial charge in [-0.2, -0.15) is 11.8 Å². The smallest absolute Gasteiger partial charge is 0.0666 e. The lowest BCUT2D eigenvalue weighted by Crippen LogP contribution is -2.50. The van der Waals surface area contributed by atoms with Crippen LogP contribution in [0.5, 0.6) is 0 Å². The molecule has 0 radical (unpaired) electrons. The Labute approximate surface area is 95.7 Å². The molecule has 3 N–H and O–H groups in total. The highest BCUT2D eigenvalue weighted by Gasteiger charge is 2.43. The van der Waals surface area contributed by atoms with Crippen molar-refractivity contribution in [1.82, 2.24) is 0 Å². The fourth-order valence-corrected chi connectivity index (χ4v) is 3.98. The van der Waals surface area contributed by atoms with Crippen LogP contribution in [0.1, 0.15) is 19.3 Å². The Balaban J connectivity index is 2.02. The van der Waals surface area contributed by atoms with Gasteiger partial charge >= 0.3 is 0 Å². The molecular formula is C11H21NO2S. The van der Waals surface area contributed by atoms with E-state index in [9.17, 15) is 5.11 Å². The van der Waals surface area contributed by atoms with E-state index in [4.69, 9.17) is 10.5 Å². The van der Waals surface area contributed by atoms with Crippen LogP contribution < -0.4 is 5.73 Å². The molecule has 0 bridgehead atoms. The maximum absolute atomic E-state index is 10.5. The number of ether oxygens (including phenoxy) is 1. The zero-order valence-electron chi connectivity index (χ0n) is 9.15. The zero-order chi connectivity index (χ0) is 10.7. The Morgan fingerprint density at radius 3 is 3.00 bits per heavy atom.